The molecule has 0 saturated carbocycles. The Balaban J connectivity index is 4.54. The lowest BCUT2D eigenvalue weighted by atomic mass is 10.1. The van der Waals surface area contributed by atoms with E-state index < -0.39 is 24.9 Å². The Bertz CT molecular complexity index is 192. The van der Waals surface area contributed by atoms with E-state index in [4.69, 9.17) is 5.11 Å². The van der Waals surface area contributed by atoms with E-state index in [0.29, 0.717) is 10.5 Å². The standard InChI is InChI=1S/C11H24O4S2/c1-6(2)16-11(17-7(3)4)10(15)9(14)8(13)5-12/h6-15H,5H2,1-4H3/t8-,9-,10-/m1/s1. The smallest absolute Gasteiger partial charge is 0.110 e. The van der Waals surface area contributed by atoms with Crippen LogP contribution in [0.2, 0.25) is 0 Å². The van der Waals surface area contributed by atoms with Crippen molar-refractivity contribution in [2.75, 3.05) is 6.61 Å². The molecule has 0 spiro atoms. The molecule has 0 heterocycles. The van der Waals surface area contributed by atoms with E-state index in [1.165, 1.54) is 0 Å². The van der Waals surface area contributed by atoms with Gasteiger partial charge < -0.3 is 20.4 Å². The summed E-state index contributed by atoms with van der Waals surface area (Å²) in [6.45, 7) is 7.50. The van der Waals surface area contributed by atoms with E-state index in [0.717, 1.165) is 0 Å². The van der Waals surface area contributed by atoms with Crippen molar-refractivity contribution in [3.05, 3.63) is 0 Å². The first-order valence-corrected chi connectivity index (χ1v) is 7.64. The summed E-state index contributed by atoms with van der Waals surface area (Å²) in [5, 5.41) is 38.4. The van der Waals surface area contributed by atoms with E-state index in [1.54, 1.807) is 23.5 Å². The molecule has 0 unspecified atom stereocenters. The van der Waals surface area contributed by atoms with Gasteiger partial charge in [-0.3, -0.25) is 0 Å². The second-order valence-corrected chi connectivity index (χ2v) is 8.21. The zero-order valence-electron chi connectivity index (χ0n) is 10.8. The molecule has 0 aromatic carbocycles. The lowest BCUT2D eigenvalue weighted by Gasteiger charge is -2.30. The molecule has 0 aliphatic heterocycles. The maximum atomic E-state index is 10.0. The van der Waals surface area contributed by atoms with Crippen molar-refractivity contribution in [2.24, 2.45) is 0 Å². The zero-order valence-corrected chi connectivity index (χ0v) is 12.4. The van der Waals surface area contributed by atoms with E-state index in [1.807, 2.05) is 27.7 Å². The molecule has 104 valence electrons. The van der Waals surface area contributed by atoms with E-state index in [-0.39, 0.29) is 4.58 Å². The van der Waals surface area contributed by atoms with Gasteiger partial charge in [-0.1, -0.05) is 27.7 Å². The van der Waals surface area contributed by atoms with Crippen LogP contribution in [0.1, 0.15) is 27.7 Å². The molecular weight excluding hydrogens is 260 g/mol. The number of aliphatic hydroxyl groups excluding tert-OH is 4. The Morgan fingerprint density at radius 2 is 1.24 bits per heavy atom. The van der Waals surface area contributed by atoms with Crippen molar-refractivity contribution in [1.29, 1.82) is 0 Å². The molecule has 0 aliphatic rings. The molecule has 4 N–H and O–H groups in total. The quantitative estimate of drug-likeness (QED) is 0.491. The average Bonchev–Trinajstić information content (AvgIpc) is 2.23. The summed E-state index contributed by atoms with van der Waals surface area (Å²) >= 11 is 3.10. The summed E-state index contributed by atoms with van der Waals surface area (Å²) in [7, 11) is 0. The van der Waals surface area contributed by atoms with Crippen LogP contribution in [0.25, 0.3) is 0 Å². The van der Waals surface area contributed by atoms with Gasteiger partial charge in [-0.15, -0.1) is 23.5 Å². The third-order valence-electron chi connectivity index (χ3n) is 2.02. The molecule has 4 nitrogen and oxygen atoms in total. The maximum absolute atomic E-state index is 10.0. The summed E-state index contributed by atoms with van der Waals surface area (Å²) in [4.78, 5) is 0. The van der Waals surface area contributed by atoms with E-state index in [9.17, 15) is 15.3 Å². The Kier molecular flexibility index (Phi) is 8.88. The van der Waals surface area contributed by atoms with Crippen LogP contribution in [-0.2, 0) is 0 Å². The second-order valence-electron chi connectivity index (χ2n) is 4.47. The largest absolute Gasteiger partial charge is 0.394 e. The van der Waals surface area contributed by atoms with Crippen molar-refractivity contribution in [2.45, 2.75) is 61.1 Å². The van der Waals surface area contributed by atoms with Crippen LogP contribution in [0.5, 0.6) is 0 Å². The summed E-state index contributed by atoms with van der Waals surface area (Å²) in [5.41, 5.74) is 0. The Hall–Kier alpha value is 0.540. The van der Waals surface area contributed by atoms with Gasteiger partial charge in [0.2, 0.25) is 0 Å². The van der Waals surface area contributed by atoms with Gasteiger partial charge in [-0.05, 0) is 0 Å². The van der Waals surface area contributed by atoms with Gasteiger partial charge in [0.15, 0.2) is 0 Å². The molecule has 0 radical (unpaired) electrons. The Morgan fingerprint density at radius 1 is 0.824 bits per heavy atom. The van der Waals surface area contributed by atoms with Gasteiger partial charge in [0, 0.05) is 10.5 Å². The maximum Gasteiger partial charge on any atom is 0.110 e. The molecule has 0 bridgehead atoms. The molecule has 0 aromatic rings. The Labute approximate surface area is 112 Å². The van der Waals surface area contributed by atoms with Gasteiger partial charge in [-0.25, -0.2) is 0 Å². The predicted octanol–water partition coefficient (Wildman–Crippen LogP) is 0.671. The third-order valence-corrected chi connectivity index (χ3v) is 4.87. The minimum absolute atomic E-state index is 0.216. The summed E-state index contributed by atoms with van der Waals surface area (Å²) in [5.74, 6) is 0. The molecule has 6 heteroatoms. The molecular formula is C11H24O4S2. The van der Waals surface area contributed by atoms with Crippen LogP contribution in [0, 0.1) is 0 Å². The second kappa shape index (κ2) is 8.61. The van der Waals surface area contributed by atoms with E-state index >= 15 is 0 Å². The first-order chi connectivity index (χ1) is 7.79. The van der Waals surface area contributed by atoms with Crippen LogP contribution in [-0.4, -0.2) is 60.4 Å². The summed E-state index contributed by atoms with van der Waals surface area (Å²) in [6.07, 6.45) is -3.67. The SMILES string of the molecule is CC(C)SC(SC(C)C)[C@H](O)[C@H](O)[C@H](O)CO. The molecule has 0 fully saturated rings. The molecule has 0 rings (SSSR count). The fourth-order valence-corrected chi connectivity index (χ4v) is 4.53. The lowest BCUT2D eigenvalue weighted by Crippen LogP contribution is -2.44. The van der Waals surface area contributed by atoms with Crippen LogP contribution < -0.4 is 0 Å². The van der Waals surface area contributed by atoms with Gasteiger partial charge in [-0.2, -0.15) is 0 Å². The Morgan fingerprint density at radius 3 is 1.53 bits per heavy atom. The predicted molar refractivity (Wildman–Crippen MR) is 74.3 cm³/mol. The van der Waals surface area contributed by atoms with Gasteiger partial charge in [0.1, 0.15) is 18.3 Å². The number of rotatable bonds is 8. The van der Waals surface area contributed by atoms with Crippen LogP contribution in [0.4, 0.5) is 0 Å². The van der Waals surface area contributed by atoms with Crippen molar-refractivity contribution in [3.8, 4) is 0 Å². The minimum Gasteiger partial charge on any atom is -0.394 e. The molecule has 0 amide bonds. The topological polar surface area (TPSA) is 80.9 Å². The highest BCUT2D eigenvalue weighted by molar-refractivity contribution is 8.17. The monoisotopic (exact) mass is 284 g/mol. The highest BCUT2D eigenvalue weighted by atomic mass is 32.2. The minimum atomic E-state index is -1.32. The van der Waals surface area contributed by atoms with Gasteiger partial charge >= 0.3 is 0 Å². The van der Waals surface area contributed by atoms with Crippen molar-refractivity contribution < 1.29 is 20.4 Å². The normalized spacial score (nSPS) is 17.8. The number of hydrogen-bond acceptors (Lipinski definition) is 6. The number of aliphatic hydroxyl groups is 4. The summed E-state index contributed by atoms with van der Waals surface area (Å²) in [6, 6.07) is 0. The molecule has 17 heavy (non-hydrogen) atoms. The summed E-state index contributed by atoms with van der Waals surface area (Å²) < 4.78 is -0.216. The highest BCUT2D eigenvalue weighted by Crippen LogP contribution is 2.34. The van der Waals surface area contributed by atoms with Gasteiger partial charge in [0.25, 0.3) is 0 Å². The van der Waals surface area contributed by atoms with Crippen LogP contribution in [0.15, 0.2) is 0 Å². The van der Waals surface area contributed by atoms with E-state index in [2.05, 4.69) is 0 Å². The first kappa shape index (κ1) is 17.5. The van der Waals surface area contributed by atoms with Crippen molar-refractivity contribution >= 4 is 23.5 Å². The number of thioether (sulfide) groups is 2. The van der Waals surface area contributed by atoms with Crippen LogP contribution in [0.3, 0.4) is 0 Å². The zero-order chi connectivity index (χ0) is 13.6. The fraction of sp³-hybridized carbons (Fsp3) is 1.00. The molecule has 0 aliphatic carbocycles. The molecule has 0 aromatic heterocycles. The number of hydrogen-bond donors (Lipinski definition) is 4. The van der Waals surface area contributed by atoms with Crippen LogP contribution >= 0.6 is 23.5 Å². The first-order valence-electron chi connectivity index (χ1n) is 5.75. The van der Waals surface area contributed by atoms with Gasteiger partial charge in [0.05, 0.1) is 11.2 Å². The lowest BCUT2D eigenvalue weighted by molar-refractivity contribution is -0.0706. The molecule has 3 atom stereocenters. The van der Waals surface area contributed by atoms with Crippen molar-refractivity contribution in [3.63, 3.8) is 0 Å². The highest BCUT2D eigenvalue weighted by Gasteiger charge is 2.32. The molecule has 0 saturated heterocycles. The fourth-order valence-electron chi connectivity index (χ4n) is 1.23. The average molecular weight is 284 g/mol. The van der Waals surface area contributed by atoms with Crippen molar-refractivity contribution in [1.82, 2.24) is 0 Å². The third kappa shape index (κ3) is 6.88.